The van der Waals surface area contributed by atoms with Gasteiger partial charge in [-0.05, 0) is 69.2 Å². The van der Waals surface area contributed by atoms with E-state index < -0.39 is 5.54 Å². The number of carbonyl (C=O) groups excluding carboxylic acids is 1. The molecular formula is C30H30N2O3. The Hall–Kier alpha value is -4.01. The predicted molar refractivity (Wildman–Crippen MR) is 140 cm³/mol. The van der Waals surface area contributed by atoms with Crippen molar-refractivity contribution < 1.29 is 14.6 Å². The molecule has 5 heteroatoms. The third kappa shape index (κ3) is 5.92. The number of hydrogen-bond acceptors (Lipinski definition) is 3. The maximum absolute atomic E-state index is 13.5. The van der Waals surface area contributed by atoms with Crippen LogP contribution in [0.5, 0.6) is 5.75 Å². The highest BCUT2D eigenvalue weighted by Gasteiger charge is 2.29. The molecule has 0 aliphatic carbocycles. The van der Waals surface area contributed by atoms with E-state index in [-0.39, 0.29) is 18.6 Å². The van der Waals surface area contributed by atoms with Gasteiger partial charge >= 0.3 is 0 Å². The van der Waals surface area contributed by atoms with E-state index >= 15 is 0 Å². The van der Waals surface area contributed by atoms with Gasteiger partial charge in [0.25, 0.3) is 5.91 Å². The first-order valence-corrected chi connectivity index (χ1v) is 11.7. The Morgan fingerprint density at radius 3 is 2.49 bits per heavy atom. The number of H-pyrrole nitrogens is 1. The minimum atomic E-state index is -0.872. The van der Waals surface area contributed by atoms with E-state index in [0.717, 1.165) is 22.0 Å². The van der Waals surface area contributed by atoms with Crippen molar-refractivity contribution in [1.82, 2.24) is 10.3 Å². The normalized spacial score (nSPS) is 12.6. The summed E-state index contributed by atoms with van der Waals surface area (Å²) in [4.78, 5) is 16.7. The topological polar surface area (TPSA) is 74.3 Å². The number of amides is 1. The molecule has 1 amide bonds. The summed E-state index contributed by atoms with van der Waals surface area (Å²) in [6, 6.07) is 23.1. The first kappa shape index (κ1) is 24.1. The van der Waals surface area contributed by atoms with E-state index in [4.69, 9.17) is 4.74 Å². The summed E-state index contributed by atoms with van der Waals surface area (Å²) in [5, 5.41) is 14.4. The van der Waals surface area contributed by atoms with Gasteiger partial charge in [-0.3, -0.25) is 4.79 Å². The van der Waals surface area contributed by atoms with Crippen molar-refractivity contribution in [1.29, 1.82) is 0 Å². The number of aliphatic hydroxyl groups is 1. The van der Waals surface area contributed by atoms with Crippen LogP contribution < -0.4 is 10.1 Å². The minimum Gasteiger partial charge on any atom is -0.490 e. The molecule has 0 aliphatic heterocycles. The van der Waals surface area contributed by atoms with Gasteiger partial charge in [0.05, 0.1) is 23.8 Å². The van der Waals surface area contributed by atoms with Crippen LogP contribution >= 0.6 is 0 Å². The summed E-state index contributed by atoms with van der Waals surface area (Å²) in [7, 11) is 0. The zero-order valence-corrected chi connectivity index (χ0v) is 20.3. The molecule has 35 heavy (non-hydrogen) atoms. The van der Waals surface area contributed by atoms with Crippen LogP contribution in [-0.4, -0.2) is 34.2 Å². The van der Waals surface area contributed by atoms with Crippen molar-refractivity contribution in [3.63, 3.8) is 0 Å². The van der Waals surface area contributed by atoms with Crippen LogP contribution in [-0.2, 0) is 6.42 Å². The van der Waals surface area contributed by atoms with Crippen molar-refractivity contribution >= 4 is 16.8 Å². The van der Waals surface area contributed by atoms with E-state index in [2.05, 4.69) is 22.1 Å². The lowest BCUT2D eigenvalue weighted by atomic mass is 9.92. The van der Waals surface area contributed by atoms with Gasteiger partial charge in [-0.1, -0.05) is 48.2 Å². The van der Waals surface area contributed by atoms with Gasteiger partial charge in [-0.2, -0.15) is 0 Å². The first-order valence-electron chi connectivity index (χ1n) is 11.7. The van der Waals surface area contributed by atoms with Gasteiger partial charge in [0.2, 0.25) is 0 Å². The quantitative estimate of drug-likeness (QED) is 0.333. The Balaban J connectivity index is 1.62. The summed E-state index contributed by atoms with van der Waals surface area (Å²) in [5.41, 5.74) is 3.16. The molecule has 1 unspecified atom stereocenters. The lowest BCUT2D eigenvalue weighted by Crippen LogP contribution is -2.50. The molecule has 1 atom stereocenters. The van der Waals surface area contributed by atoms with E-state index in [1.807, 2.05) is 87.6 Å². The number of hydrogen-bond donors (Lipinski definition) is 3. The summed E-state index contributed by atoms with van der Waals surface area (Å²) in [6.07, 6.45) is 2.29. The number of rotatable bonds is 7. The fraction of sp³-hybridized carbons (Fsp3) is 0.233. The third-order valence-electron chi connectivity index (χ3n) is 5.73. The molecule has 1 aromatic heterocycles. The zero-order chi connectivity index (χ0) is 24.8. The summed E-state index contributed by atoms with van der Waals surface area (Å²) in [5.74, 6) is 6.42. The summed E-state index contributed by atoms with van der Waals surface area (Å²) in [6.45, 7) is 5.46. The van der Waals surface area contributed by atoms with E-state index in [0.29, 0.717) is 23.3 Å². The molecule has 3 N–H and O–H groups in total. The average molecular weight is 467 g/mol. The Labute approximate surface area is 206 Å². The second-order valence-corrected chi connectivity index (χ2v) is 9.20. The number of para-hydroxylation sites is 1. The number of carbonyl (C=O) groups is 1. The van der Waals surface area contributed by atoms with Crippen LogP contribution in [0.3, 0.4) is 0 Å². The van der Waals surface area contributed by atoms with Gasteiger partial charge in [-0.15, -0.1) is 0 Å². The first-order chi connectivity index (χ1) is 16.9. The molecule has 0 saturated carbocycles. The zero-order valence-electron chi connectivity index (χ0n) is 20.3. The van der Waals surface area contributed by atoms with Crippen LogP contribution in [0.25, 0.3) is 10.9 Å². The molecule has 0 bridgehead atoms. The Morgan fingerprint density at radius 1 is 1.03 bits per heavy atom. The molecule has 4 rings (SSSR count). The van der Waals surface area contributed by atoms with E-state index in [1.54, 1.807) is 12.1 Å². The fourth-order valence-electron chi connectivity index (χ4n) is 3.99. The molecule has 4 aromatic rings. The number of aromatic amines is 1. The van der Waals surface area contributed by atoms with Crippen molar-refractivity contribution in [2.24, 2.45) is 0 Å². The number of aromatic nitrogens is 1. The number of nitrogens with one attached hydrogen (secondary N) is 2. The largest absolute Gasteiger partial charge is 0.490 e. The van der Waals surface area contributed by atoms with Crippen molar-refractivity contribution in [3.8, 4) is 17.6 Å². The second-order valence-electron chi connectivity index (χ2n) is 9.20. The Kier molecular flexibility index (Phi) is 7.24. The fourth-order valence-corrected chi connectivity index (χ4v) is 3.99. The summed E-state index contributed by atoms with van der Waals surface area (Å²) < 4.78 is 5.92. The van der Waals surface area contributed by atoms with Crippen LogP contribution in [0, 0.1) is 11.8 Å². The number of benzene rings is 3. The van der Waals surface area contributed by atoms with Crippen LogP contribution in [0.1, 0.15) is 47.8 Å². The monoisotopic (exact) mass is 466 g/mol. The molecule has 178 valence electrons. The highest BCUT2D eigenvalue weighted by Crippen LogP contribution is 2.25. The molecule has 0 aliphatic rings. The van der Waals surface area contributed by atoms with Crippen LogP contribution in [0.2, 0.25) is 0 Å². The van der Waals surface area contributed by atoms with Gasteiger partial charge in [-0.25, -0.2) is 0 Å². The molecule has 0 radical (unpaired) electrons. The highest BCUT2D eigenvalue weighted by molar-refractivity contribution is 5.98. The van der Waals surface area contributed by atoms with Crippen LogP contribution in [0.4, 0.5) is 0 Å². The highest BCUT2D eigenvalue weighted by atomic mass is 16.5. The molecular weight excluding hydrogens is 436 g/mol. The number of aliphatic hydroxyl groups excluding tert-OH is 1. The maximum Gasteiger partial charge on any atom is 0.255 e. The SMILES string of the molecule is CC(C)Oc1ccc(C#Cc2ccccc2)cc1C(=O)NC(C)(CO)Cc1c[nH]c2ccccc12. The summed E-state index contributed by atoms with van der Waals surface area (Å²) >= 11 is 0. The van der Waals surface area contributed by atoms with Gasteiger partial charge in [0, 0.05) is 28.2 Å². The number of ether oxygens (including phenoxy) is 1. The lowest BCUT2D eigenvalue weighted by molar-refractivity contribution is 0.0846. The van der Waals surface area contributed by atoms with Crippen LogP contribution in [0.15, 0.2) is 79.0 Å². The number of fused-ring (bicyclic) bond motifs is 1. The lowest BCUT2D eigenvalue weighted by Gasteiger charge is -2.29. The smallest absolute Gasteiger partial charge is 0.255 e. The van der Waals surface area contributed by atoms with Gasteiger partial charge in [0.15, 0.2) is 0 Å². The Bertz CT molecular complexity index is 1380. The van der Waals surface area contributed by atoms with Gasteiger partial charge < -0.3 is 20.1 Å². The predicted octanol–water partition coefficient (Wildman–Crippen LogP) is 5.08. The van der Waals surface area contributed by atoms with Crippen molar-refractivity contribution in [2.45, 2.75) is 38.8 Å². The standard InChI is InChI=1S/C30H30N2O3/c1-21(2)35-28-16-15-23(14-13-22-9-5-4-6-10-22)17-26(28)29(34)32-30(3,20-33)18-24-19-31-27-12-8-7-11-25(24)27/h4-12,15-17,19,21,31,33H,18,20H2,1-3H3,(H,32,34). The minimum absolute atomic E-state index is 0.0988. The second kappa shape index (κ2) is 10.5. The molecule has 3 aromatic carbocycles. The molecule has 0 spiro atoms. The van der Waals surface area contributed by atoms with Crippen molar-refractivity contribution in [2.75, 3.05) is 6.61 Å². The molecule has 0 saturated heterocycles. The Morgan fingerprint density at radius 2 is 1.74 bits per heavy atom. The average Bonchev–Trinajstić information content (AvgIpc) is 3.26. The van der Waals surface area contributed by atoms with Gasteiger partial charge in [0.1, 0.15) is 5.75 Å². The van der Waals surface area contributed by atoms with E-state index in [9.17, 15) is 9.90 Å². The van der Waals surface area contributed by atoms with E-state index in [1.165, 1.54) is 0 Å². The molecule has 0 fully saturated rings. The van der Waals surface area contributed by atoms with Crippen molar-refractivity contribution in [3.05, 3.63) is 101 Å². The third-order valence-corrected chi connectivity index (χ3v) is 5.73. The molecule has 5 nitrogen and oxygen atoms in total. The maximum atomic E-state index is 13.5. The molecule has 1 heterocycles.